The van der Waals surface area contributed by atoms with Crippen LogP contribution in [0.1, 0.15) is 44.8 Å². The van der Waals surface area contributed by atoms with Gasteiger partial charge in [-0.2, -0.15) is 5.10 Å². The Kier molecular flexibility index (Phi) is 8.30. The Morgan fingerprint density at radius 3 is 2.12 bits per heavy atom. The van der Waals surface area contributed by atoms with Crippen molar-refractivity contribution in [2.75, 3.05) is 10.8 Å². The summed E-state index contributed by atoms with van der Waals surface area (Å²) in [7, 11) is -4.01. The first kappa shape index (κ1) is 28.8. The average molecular weight is 557 g/mol. The summed E-state index contributed by atoms with van der Waals surface area (Å²) in [5, 5.41) is 4.18. The highest BCUT2D eigenvalue weighted by atomic mass is 32.2. The summed E-state index contributed by atoms with van der Waals surface area (Å²) in [6.07, 6.45) is 1.59. The van der Waals surface area contributed by atoms with Gasteiger partial charge in [-0.05, 0) is 95.5 Å². The highest BCUT2D eigenvalue weighted by Gasteiger charge is 2.28. The van der Waals surface area contributed by atoms with E-state index < -0.39 is 22.5 Å². The molecule has 0 saturated carbocycles. The maximum absolute atomic E-state index is 13.7. The molecule has 8 heteroatoms. The Hall–Kier alpha value is -4.17. The molecule has 0 saturated heterocycles. The van der Waals surface area contributed by atoms with E-state index in [-0.39, 0.29) is 4.90 Å². The van der Waals surface area contributed by atoms with Crippen LogP contribution in [0, 0.1) is 48.5 Å². The van der Waals surface area contributed by atoms with Gasteiger partial charge >= 0.3 is 0 Å². The second-order valence-electron chi connectivity index (χ2n) is 10.4. The molecule has 0 aliphatic rings. The molecule has 1 amide bonds. The number of aryl methyl sites for hydroxylation is 6. The van der Waals surface area contributed by atoms with Crippen LogP contribution >= 0.6 is 0 Å². The van der Waals surface area contributed by atoms with Gasteiger partial charge in [-0.3, -0.25) is 9.10 Å². The van der Waals surface area contributed by atoms with Crippen molar-refractivity contribution in [1.29, 1.82) is 0 Å². The minimum atomic E-state index is -4.01. The Labute approximate surface area is 237 Å². The van der Waals surface area contributed by atoms with Gasteiger partial charge in [0.1, 0.15) is 6.54 Å². The van der Waals surface area contributed by atoms with Gasteiger partial charge in [-0.25, -0.2) is 13.8 Å². The number of nitrogens with zero attached hydrogens (tertiary/aromatic N) is 3. The van der Waals surface area contributed by atoms with Gasteiger partial charge in [0.2, 0.25) is 0 Å². The van der Waals surface area contributed by atoms with Crippen LogP contribution < -0.4 is 9.73 Å². The smallest absolute Gasteiger partial charge is 0.264 e. The standard InChI is InChI=1S/C32H36N4O3S/c1-21-9-13-29(14-10-21)40(38,39)35(31-17-23(3)8-12-24(31)4)20-32(37)34-33-19-28-18-26(6)36(27(28)7)30-15-11-22(2)16-25(30)5/h8-19H,20H2,1-7H3,(H,34,37)/b33-19-. The summed E-state index contributed by atoms with van der Waals surface area (Å²) >= 11 is 0. The van der Waals surface area contributed by atoms with Crippen LogP contribution in [0.3, 0.4) is 0 Å². The van der Waals surface area contributed by atoms with Crippen LogP contribution in [0.2, 0.25) is 0 Å². The third-order valence-electron chi connectivity index (χ3n) is 6.99. The van der Waals surface area contributed by atoms with E-state index in [1.54, 1.807) is 36.5 Å². The first-order valence-electron chi connectivity index (χ1n) is 13.1. The molecule has 7 nitrogen and oxygen atoms in total. The number of anilines is 1. The first-order chi connectivity index (χ1) is 18.9. The third kappa shape index (κ3) is 6.02. The first-order valence-corrected chi connectivity index (χ1v) is 14.6. The quantitative estimate of drug-likeness (QED) is 0.214. The zero-order valence-corrected chi connectivity index (χ0v) is 24.9. The van der Waals surface area contributed by atoms with Crippen molar-refractivity contribution in [3.8, 4) is 5.69 Å². The van der Waals surface area contributed by atoms with E-state index in [4.69, 9.17) is 0 Å². The maximum atomic E-state index is 13.7. The molecular weight excluding hydrogens is 520 g/mol. The van der Waals surface area contributed by atoms with Gasteiger partial charge in [0.05, 0.1) is 16.8 Å². The molecule has 0 spiro atoms. The summed E-state index contributed by atoms with van der Waals surface area (Å²) in [5.74, 6) is -0.545. The summed E-state index contributed by atoms with van der Waals surface area (Å²) in [6.45, 7) is 13.4. The van der Waals surface area contributed by atoms with Crippen LogP contribution in [0.4, 0.5) is 5.69 Å². The molecule has 1 heterocycles. The molecule has 0 radical (unpaired) electrons. The number of carbonyl (C=O) groups is 1. The molecular formula is C32H36N4O3S. The van der Waals surface area contributed by atoms with E-state index in [9.17, 15) is 13.2 Å². The lowest BCUT2D eigenvalue weighted by atomic mass is 10.1. The van der Waals surface area contributed by atoms with Crippen molar-refractivity contribution in [2.45, 2.75) is 53.4 Å². The molecule has 0 unspecified atom stereocenters. The number of amides is 1. The van der Waals surface area contributed by atoms with Crippen molar-refractivity contribution >= 4 is 27.8 Å². The predicted octanol–water partition coefficient (Wildman–Crippen LogP) is 5.98. The fourth-order valence-electron chi connectivity index (χ4n) is 4.81. The van der Waals surface area contributed by atoms with Gasteiger partial charge in [0.15, 0.2) is 0 Å². The molecule has 3 aromatic carbocycles. The monoisotopic (exact) mass is 556 g/mol. The SMILES string of the molecule is Cc1ccc(S(=O)(=O)N(CC(=O)N/N=C\c2cc(C)n(-c3ccc(C)cc3C)c2C)c2cc(C)ccc2C)cc1. The number of carbonyl (C=O) groups excluding carboxylic acids is 1. The number of nitrogens with one attached hydrogen (secondary N) is 1. The lowest BCUT2D eigenvalue weighted by Gasteiger charge is -2.25. The molecule has 1 N–H and O–H groups in total. The molecule has 40 heavy (non-hydrogen) atoms. The number of hydrazone groups is 1. The number of aromatic nitrogens is 1. The molecule has 0 atom stereocenters. The fraction of sp³-hybridized carbons (Fsp3) is 0.250. The van der Waals surface area contributed by atoms with E-state index in [0.29, 0.717) is 5.69 Å². The Bertz CT molecular complexity index is 1700. The Morgan fingerprint density at radius 2 is 1.45 bits per heavy atom. The molecule has 0 aliphatic heterocycles. The molecule has 0 aliphatic carbocycles. The second-order valence-corrected chi connectivity index (χ2v) is 12.2. The van der Waals surface area contributed by atoms with Crippen LogP contribution in [-0.2, 0) is 14.8 Å². The lowest BCUT2D eigenvalue weighted by molar-refractivity contribution is -0.119. The number of sulfonamides is 1. The topological polar surface area (TPSA) is 83.8 Å². The van der Waals surface area contributed by atoms with E-state index in [1.165, 1.54) is 11.1 Å². The summed E-state index contributed by atoms with van der Waals surface area (Å²) in [5.41, 5.74) is 11.9. The number of hydrogen-bond donors (Lipinski definition) is 1. The van der Waals surface area contributed by atoms with Crippen LogP contribution in [0.5, 0.6) is 0 Å². The van der Waals surface area contributed by atoms with Gasteiger partial charge in [0, 0.05) is 22.6 Å². The molecule has 0 bridgehead atoms. The molecule has 0 fully saturated rings. The fourth-order valence-corrected chi connectivity index (χ4v) is 6.29. The van der Waals surface area contributed by atoms with E-state index in [0.717, 1.165) is 43.6 Å². The summed E-state index contributed by atoms with van der Waals surface area (Å²) in [6, 6.07) is 20.5. The summed E-state index contributed by atoms with van der Waals surface area (Å²) < 4.78 is 30.7. The van der Waals surface area contributed by atoms with Gasteiger partial charge in [-0.1, -0.05) is 47.5 Å². The van der Waals surface area contributed by atoms with Crippen molar-refractivity contribution in [1.82, 2.24) is 9.99 Å². The number of hydrogen-bond acceptors (Lipinski definition) is 4. The Morgan fingerprint density at radius 1 is 0.825 bits per heavy atom. The van der Waals surface area contributed by atoms with Gasteiger partial charge in [-0.15, -0.1) is 0 Å². The highest BCUT2D eigenvalue weighted by molar-refractivity contribution is 7.92. The molecule has 4 rings (SSSR count). The van der Waals surface area contributed by atoms with Crippen molar-refractivity contribution < 1.29 is 13.2 Å². The summed E-state index contributed by atoms with van der Waals surface area (Å²) in [4.78, 5) is 13.2. The highest BCUT2D eigenvalue weighted by Crippen LogP contribution is 2.28. The van der Waals surface area contributed by atoms with Crippen LogP contribution in [0.25, 0.3) is 5.69 Å². The van der Waals surface area contributed by atoms with E-state index in [2.05, 4.69) is 47.1 Å². The zero-order valence-electron chi connectivity index (χ0n) is 24.1. The van der Waals surface area contributed by atoms with Crippen molar-refractivity contribution in [3.05, 3.63) is 111 Å². The molecule has 4 aromatic rings. The lowest BCUT2D eigenvalue weighted by Crippen LogP contribution is -2.40. The maximum Gasteiger partial charge on any atom is 0.264 e. The van der Waals surface area contributed by atoms with Gasteiger partial charge in [0.25, 0.3) is 15.9 Å². The minimum Gasteiger partial charge on any atom is -0.318 e. The predicted molar refractivity (Wildman–Crippen MR) is 162 cm³/mol. The zero-order chi connectivity index (χ0) is 29.2. The van der Waals surface area contributed by atoms with Crippen molar-refractivity contribution in [3.63, 3.8) is 0 Å². The Balaban J connectivity index is 1.59. The molecule has 1 aromatic heterocycles. The second kappa shape index (κ2) is 11.5. The minimum absolute atomic E-state index is 0.120. The van der Waals surface area contributed by atoms with E-state index in [1.807, 2.05) is 52.8 Å². The molecule has 208 valence electrons. The van der Waals surface area contributed by atoms with Crippen LogP contribution in [-0.4, -0.2) is 31.7 Å². The number of benzene rings is 3. The third-order valence-corrected chi connectivity index (χ3v) is 8.76. The largest absolute Gasteiger partial charge is 0.318 e. The number of rotatable bonds is 8. The average Bonchev–Trinajstić information content (AvgIpc) is 3.17. The van der Waals surface area contributed by atoms with Crippen LogP contribution in [0.15, 0.2) is 76.7 Å². The normalized spacial score (nSPS) is 11.7. The van der Waals surface area contributed by atoms with Crippen molar-refractivity contribution in [2.24, 2.45) is 5.10 Å². The van der Waals surface area contributed by atoms with Gasteiger partial charge < -0.3 is 4.57 Å². The van der Waals surface area contributed by atoms with E-state index >= 15 is 0 Å².